The van der Waals surface area contributed by atoms with E-state index in [-0.39, 0.29) is 5.91 Å². The van der Waals surface area contributed by atoms with Gasteiger partial charge in [-0.3, -0.25) is 4.79 Å². The van der Waals surface area contributed by atoms with Crippen LogP contribution in [-0.2, 0) is 15.0 Å². The lowest BCUT2D eigenvalue weighted by Gasteiger charge is -2.19. The van der Waals surface area contributed by atoms with Gasteiger partial charge in [0.15, 0.2) is 0 Å². The number of benzene rings is 1. The first-order valence-corrected chi connectivity index (χ1v) is 6.67. The van der Waals surface area contributed by atoms with E-state index in [9.17, 15) is 9.59 Å². The third-order valence-corrected chi connectivity index (χ3v) is 3.85. The van der Waals surface area contributed by atoms with Crippen molar-refractivity contribution in [2.75, 3.05) is 0 Å². The van der Waals surface area contributed by atoms with Gasteiger partial charge < -0.3 is 10.4 Å². The van der Waals surface area contributed by atoms with Crippen molar-refractivity contribution < 1.29 is 14.7 Å². The molecule has 0 radical (unpaired) electrons. The molecular formula is C14H16ClNO3. The Kier molecular flexibility index (Phi) is 3.80. The van der Waals surface area contributed by atoms with Gasteiger partial charge >= 0.3 is 5.97 Å². The number of nitrogens with one attached hydrogen (secondary N) is 1. The number of carboxylic acid groups (broad SMARTS) is 1. The fraction of sp³-hybridized carbons (Fsp3) is 0.429. The van der Waals surface area contributed by atoms with Gasteiger partial charge in [0.2, 0.25) is 5.91 Å². The van der Waals surface area contributed by atoms with E-state index in [4.69, 9.17) is 16.7 Å². The summed E-state index contributed by atoms with van der Waals surface area (Å²) < 4.78 is 0. The largest absolute Gasteiger partial charge is 0.480 e. The van der Waals surface area contributed by atoms with Gasteiger partial charge in [-0.15, -0.1) is 0 Å². The molecule has 0 heterocycles. The highest BCUT2D eigenvalue weighted by atomic mass is 35.5. The Hall–Kier alpha value is -1.55. The van der Waals surface area contributed by atoms with E-state index in [2.05, 4.69) is 5.32 Å². The van der Waals surface area contributed by atoms with Crippen LogP contribution in [0, 0.1) is 0 Å². The topological polar surface area (TPSA) is 66.4 Å². The molecule has 0 aromatic heterocycles. The summed E-state index contributed by atoms with van der Waals surface area (Å²) in [4.78, 5) is 23.2. The summed E-state index contributed by atoms with van der Waals surface area (Å²) in [5.74, 6) is -1.20. The van der Waals surface area contributed by atoms with E-state index >= 15 is 0 Å². The van der Waals surface area contributed by atoms with Crippen LogP contribution in [0.1, 0.15) is 31.7 Å². The van der Waals surface area contributed by atoms with Crippen molar-refractivity contribution >= 4 is 23.5 Å². The lowest BCUT2D eigenvalue weighted by Crippen LogP contribution is -2.45. The fourth-order valence-electron chi connectivity index (χ4n) is 2.18. The van der Waals surface area contributed by atoms with Crippen molar-refractivity contribution in [2.45, 2.75) is 37.6 Å². The van der Waals surface area contributed by atoms with E-state index in [1.165, 1.54) is 0 Å². The van der Waals surface area contributed by atoms with Crippen molar-refractivity contribution in [3.8, 4) is 0 Å². The first-order chi connectivity index (χ1) is 8.99. The summed E-state index contributed by atoms with van der Waals surface area (Å²) in [6.07, 6.45) is 1.87. The standard InChI is InChI=1S/C14H16ClNO3/c1-2-11(12(17)18)16-13(19)14(7-8-14)9-3-5-10(15)6-4-9/h3-6,11H,2,7-8H2,1H3,(H,16,19)(H,17,18)/t11-/m0/s1. The Bertz CT molecular complexity index is 494. The van der Waals surface area contributed by atoms with Gasteiger partial charge in [0.25, 0.3) is 0 Å². The smallest absolute Gasteiger partial charge is 0.326 e. The predicted molar refractivity (Wildman–Crippen MR) is 72.2 cm³/mol. The third kappa shape index (κ3) is 2.73. The highest BCUT2D eigenvalue weighted by Crippen LogP contribution is 2.48. The molecular weight excluding hydrogens is 266 g/mol. The van der Waals surface area contributed by atoms with Gasteiger partial charge in [0, 0.05) is 5.02 Å². The summed E-state index contributed by atoms with van der Waals surface area (Å²) >= 11 is 5.83. The summed E-state index contributed by atoms with van der Waals surface area (Å²) in [5.41, 5.74) is 0.336. The molecule has 1 amide bonds. The molecule has 102 valence electrons. The summed E-state index contributed by atoms with van der Waals surface area (Å²) in [6, 6.07) is 6.34. The number of aliphatic carboxylic acids is 1. The molecule has 1 fully saturated rings. The zero-order chi connectivity index (χ0) is 14.0. The van der Waals surface area contributed by atoms with Crippen molar-refractivity contribution in [2.24, 2.45) is 0 Å². The fourth-order valence-corrected chi connectivity index (χ4v) is 2.30. The number of carbonyl (C=O) groups is 2. The summed E-state index contributed by atoms with van der Waals surface area (Å²) in [5, 5.41) is 12.2. The SMILES string of the molecule is CC[C@H](NC(=O)C1(c2ccc(Cl)cc2)CC1)C(=O)O. The Morgan fingerprint density at radius 1 is 1.37 bits per heavy atom. The molecule has 0 saturated heterocycles. The second-order valence-corrected chi connectivity index (χ2v) is 5.30. The van der Waals surface area contributed by atoms with Gasteiger partial charge in [-0.25, -0.2) is 4.79 Å². The minimum atomic E-state index is -0.997. The van der Waals surface area contributed by atoms with E-state index < -0.39 is 17.4 Å². The second kappa shape index (κ2) is 5.21. The number of carboxylic acids is 1. The van der Waals surface area contributed by atoms with Crippen LogP contribution in [-0.4, -0.2) is 23.0 Å². The van der Waals surface area contributed by atoms with E-state index in [0.29, 0.717) is 11.4 Å². The van der Waals surface area contributed by atoms with Gasteiger partial charge in [0.1, 0.15) is 6.04 Å². The Balaban J connectivity index is 2.14. The Morgan fingerprint density at radius 2 is 1.95 bits per heavy atom. The van der Waals surface area contributed by atoms with Crippen LogP contribution in [0.2, 0.25) is 5.02 Å². The van der Waals surface area contributed by atoms with Crippen LogP contribution in [0.4, 0.5) is 0 Å². The Morgan fingerprint density at radius 3 is 2.37 bits per heavy atom. The average Bonchev–Trinajstić information content (AvgIpc) is 3.17. The zero-order valence-electron chi connectivity index (χ0n) is 10.6. The van der Waals surface area contributed by atoms with E-state index in [1.54, 1.807) is 19.1 Å². The average molecular weight is 282 g/mol. The van der Waals surface area contributed by atoms with Crippen molar-refractivity contribution in [3.05, 3.63) is 34.9 Å². The van der Waals surface area contributed by atoms with E-state index in [0.717, 1.165) is 18.4 Å². The quantitative estimate of drug-likeness (QED) is 0.871. The van der Waals surface area contributed by atoms with Crippen LogP contribution >= 0.6 is 11.6 Å². The van der Waals surface area contributed by atoms with Gasteiger partial charge in [-0.1, -0.05) is 30.7 Å². The zero-order valence-corrected chi connectivity index (χ0v) is 11.4. The highest BCUT2D eigenvalue weighted by Gasteiger charge is 2.51. The van der Waals surface area contributed by atoms with Crippen LogP contribution < -0.4 is 5.32 Å². The molecule has 2 N–H and O–H groups in total. The maximum Gasteiger partial charge on any atom is 0.326 e. The molecule has 1 atom stereocenters. The highest BCUT2D eigenvalue weighted by molar-refractivity contribution is 6.30. The predicted octanol–water partition coefficient (Wildman–Crippen LogP) is 2.35. The van der Waals surface area contributed by atoms with Gasteiger partial charge in [-0.05, 0) is 37.0 Å². The van der Waals surface area contributed by atoms with Crippen molar-refractivity contribution in [3.63, 3.8) is 0 Å². The molecule has 0 unspecified atom stereocenters. The molecule has 1 aromatic rings. The lowest BCUT2D eigenvalue weighted by atomic mass is 9.94. The summed E-state index contributed by atoms with van der Waals surface area (Å²) in [6.45, 7) is 1.74. The molecule has 0 spiro atoms. The number of hydrogen-bond donors (Lipinski definition) is 2. The molecule has 5 heteroatoms. The molecule has 1 aliphatic rings. The van der Waals surface area contributed by atoms with Crippen molar-refractivity contribution in [1.82, 2.24) is 5.32 Å². The second-order valence-electron chi connectivity index (χ2n) is 4.86. The van der Waals surface area contributed by atoms with Crippen LogP contribution in [0.25, 0.3) is 0 Å². The van der Waals surface area contributed by atoms with Gasteiger partial charge in [-0.2, -0.15) is 0 Å². The van der Waals surface area contributed by atoms with E-state index in [1.807, 2.05) is 12.1 Å². The monoisotopic (exact) mass is 281 g/mol. The number of amides is 1. The van der Waals surface area contributed by atoms with Crippen molar-refractivity contribution in [1.29, 1.82) is 0 Å². The van der Waals surface area contributed by atoms with Gasteiger partial charge in [0.05, 0.1) is 5.41 Å². The number of carbonyl (C=O) groups excluding carboxylic acids is 1. The number of hydrogen-bond acceptors (Lipinski definition) is 2. The molecule has 1 aliphatic carbocycles. The van der Waals surface area contributed by atoms with Crippen LogP contribution in [0.3, 0.4) is 0 Å². The van der Waals surface area contributed by atoms with Crippen LogP contribution in [0.15, 0.2) is 24.3 Å². The maximum absolute atomic E-state index is 12.3. The first-order valence-electron chi connectivity index (χ1n) is 6.29. The Labute approximate surface area is 116 Å². The first kappa shape index (κ1) is 13.9. The molecule has 0 bridgehead atoms. The summed E-state index contributed by atoms with van der Waals surface area (Å²) in [7, 11) is 0. The molecule has 0 aliphatic heterocycles. The molecule has 1 saturated carbocycles. The molecule has 19 heavy (non-hydrogen) atoms. The minimum absolute atomic E-state index is 0.205. The molecule has 4 nitrogen and oxygen atoms in total. The van der Waals surface area contributed by atoms with Crippen LogP contribution in [0.5, 0.6) is 0 Å². The lowest BCUT2D eigenvalue weighted by molar-refractivity contribution is -0.142. The number of rotatable bonds is 5. The third-order valence-electron chi connectivity index (χ3n) is 3.59. The minimum Gasteiger partial charge on any atom is -0.480 e. The number of halogens is 1. The molecule has 2 rings (SSSR count). The maximum atomic E-state index is 12.3. The normalized spacial score (nSPS) is 17.6. The molecule has 1 aromatic carbocycles.